The van der Waals surface area contributed by atoms with Crippen molar-refractivity contribution in [3.8, 4) is 5.75 Å². The number of sulfonamides is 1. The molecule has 0 radical (unpaired) electrons. The Balaban J connectivity index is 2.19. The minimum atomic E-state index is -3.74. The van der Waals surface area contributed by atoms with E-state index in [1.54, 1.807) is 31.2 Å². The zero-order chi connectivity index (χ0) is 17.9. The Morgan fingerprint density at radius 3 is 2.38 bits per heavy atom. The van der Waals surface area contributed by atoms with Crippen molar-refractivity contribution in [2.45, 2.75) is 17.9 Å². The molecule has 6 nitrogen and oxygen atoms in total. The lowest BCUT2D eigenvalue weighted by molar-refractivity contribution is 0.0937. The number of nitrogens with one attached hydrogen (secondary N) is 1. The predicted molar refractivity (Wildman–Crippen MR) is 91.7 cm³/mol. The smallest absolute Gasteiger partial charge is 0.255 e. The molecule has 128 valence electrons. The highest BCUT2D eigenvalue weighted by Gasteiger charge is 2.17. The van der Waals surface area contributed by atoms with Crippen molar-refractivity contribution in [3.05, 3.63) is 58.6 Å². The van der Waals surface area contributed by atoms with Crippen molar-refractivity contribution < 1.29 is 17.9 Å². The number of methoxy groups -OCH3 is 1. The van der Waals surface area contributed by atoms with Gasteiger partial charge in [0.2, 0.25) is 10.0 Å². The molecule has 0 aliphatic rings. The number of nitrogens with two attached hydrogens (primary N) is 1. The summed E-state index contributed by atoms with van der Waals surface area (Å²) in [5, 5.41) is 8.30. The topological polar surface area (TPSA) is 98.5 Å². The zero-order valence-corrected chi connectivity index (χ0v) is 14.7. The minimum Gasteiger partial charge on any atom is -0.496 e. The van der Waals surface area contributed by atoms with Crippen LogP contribution in [-0.2, 0) is 10.0 Å². The Labute approximate surface area is 145 Å². The van der Waals surface area contributed by atoms with Gasteiger partial charge in [-0.15, -0.1) is 0 Å². The van der Waals surface area contributed by atoms with Gasteiger partial charge in [-0.1, -0.05) is 23.7 Å². The van der Waals surface area contributed by atoms with Crippen LogP contribution in [0.3, 0.4) is 0 Å². The molecule has 1 atom stereocenters. The maximum Gasteiger partial charge on any atom is 0.255 e. The average molecular weight is 369 g/mol. The van der Waals surface area contributed by atoms with Crippen LogP contribution in [0.1, 0.15) is 28.9 Å². The van der Waals surface area contributed by atoms with E-state index in [0.29, 0.717) is 16.3 Å². The molecule has 8 heteroatoms. The Kier molecular flexibility index (Phi) is 5.48. The second-order valence-electron chi connectivity index (χ2n) is 5.15. The summed E-state index contributed by atoms with van der Waals surface area (Å²) < 4.78 is 27.7. The minimum absolute atomic E-state index is 0.0151. The van der Waals surface area contributed by atoms with E-state index in [-0.39, 0.29) is 16.8 Å². The van der Waals surface area contributed by atoms with Gasteiger partial charge in [-0.05, 0) is 42.8 Å². The molecule has 1 amide bonds. The van der Waals surface area contributed by atoms with Gasteiger partial charge in [-0.2, -0.15) is 0 Å². The number of halogens is 1. The number of benzene rings is 2. The van der Waals surface area contributed by atoms with E-state index in [2.05, 4.69) is 5.32 Å². The highest BCUT2D eigenvalue weighted by molar-refractivity contribution is 7.89. The van der Waals surface area contributed by atoms with Gasteiger partial charge in [0.05, 0.1) is 23.6 Å². The van der Waals surface area contributed by atoms with Crippen LogP contribution in [0.2, 0.25) is 5.02 Å². The van der Waals surface area contributed by atoms with E-state index in [9.17, 15) is 13.2 Å². The Morgan fingerprint density at radius 1 is 1.21 bits per heavy atom. The standard InChI is InChI=1S/C16H17ClN2O4S/c1-10(11-3-6-13(7-4-11)24(18,21)22)19-16(20)14-9-12(17)5-8-15(14)23-2/h3-10H,1-2H3,(H,19,20)(H2,18,21,22). The highest BCUT2D eigenvalue weighted by atomic mass is 35.5. The van der Waals surface area contributed by atoms with Crippen LogP contribution < -0.4 is 15.2 Å². The second kappa shape index (κ2) is 7.21. The quantitative estimate of drug-likeness (QED) is 0.846. The summed E-state index contributed by atoms with van der Waals surface area (Å²) >= 11 is 5.93. The second-order valence-corrected chi connectivity index (χ2v) is 7.15. The number of hydrogen-bond acceptors (Lipinski definition) is 4. The molecule has 24 heavy (non-hydrogen) atoms. The van der Waals surface area contributed by atoms with Gasteiger partial charge in [-0.25, -0.2) is 13.6 Å². The van der Waals surface area contributed by atoms with Gasteiger partial charge in [0.1, 0.15) is 5.75 Å². The molecule has 1 unspecified atom stereocenters. The first kappa shape index (κ1) is 18.3. The molecule has 0 aliphatic carbocycles. The van der Waals surface area contributed by atoms with Crippen LogP contribution in [0.4, 0.5) is 0 Å². The predicted octanol–water partition coefficient (Wildman–Crippen LogP) is 2.49. The first-order valence-electron chi connectivity index (χ1n) is 6.99. The number of carbonyl (C=O) groups is 1. The van der Waals surface area contributed by atoms with Crippen LogP contribution in [0.15, 0.2) is 47.4 Å². The van der Waals surface area contributed by atoms with Gasteiger partial charge < -0.3 is 10.1 Å². The molecule has 0 saturated heterocycles. The molecule has 0 spiro atoms. The van der Waals surface area contributed by atoms with E-state index in [1.165, 1.54) is 25.3 Å². The van der Waals surface area contributed by atoms with Gasteiger partial charge in [-0.3, -0.25) is 4.79 Å². The summed E-state index contributed by atoms with van der Waals surface area (Å²) in [6, 6.07) is 10.4. The number of ether oxygens (including phenoxy) is 1. The largest absolute Gasteiger partial charge is 0.496 e. The van der Waals surface area contributed by atoms with Gasteiger partial charge in [0.15, 0.2) is 0 Å². The summed E-state index contributed by atoms with van der Waals surface area (Å²) in [5.41, 5.74) is 1.05. The molecule has 2 rings (SSSR count). The zero-order valence-electron chi connectivity index (χ0n) is 13.1. The lowest BCUT2D eigenvalue weighted by Gasteiger charge is -2.16. The SMILES string of the molecule is COc1ccc(Cl)cc1C(=O)NC(C)c1ccc(S(N)(=O)=O)cc1. The molecule has 3 N–H and O–H groups in total. The normalized spacial score (nSPS) is 12.5. The maximum atomic E-state index is 12.4. The molecule has 0 aliphatic heterocycles. The summed E-state index contributed by atoms with van der Waals surface area (Å²) in [7, 11) is -2.28. The number of hydrogen-bond donors (Lipinski definition) is 2. The number of primary sulfonamides is 1. The molecular formula is C16H17ClN2O4S. The van der Waals surface area contributed by atoms with E-state index >= 15 is 0 Å². The molecule has 0 fully saturated rings. The highest BCUT2D eigenvalue weighted by Crippen LogP contribution is 2.24. The van der Waals surface area contributed by atoms with Gasteiger partial charge in [0.25, 0.3) is 5.91 Å². The molecular weight excluding hydrogens is 352 g/mol. The van der Waals surface area contributed by atoms with Crippen LogP contribution >= 0.6 is 11.6 Å². The van der Waals surface area contributed by atoms with Crippen LogP contribution in [-0.4, -0.2) is 21.4 Å². The third kappa shape index (κ3) is 4.25. The fourth-order valence-corrected chi connectivity index (χ4v) is 2.85. The fourth-order valence-electron chi connectivity index (χ4n) is 2.16. The van der Waals surface area contributed by atoms with Gasteiger partial charge in [0, 0.05) is 5.02 Å². The lowest BCUT2D eigenvalue weighted by atomic mass is 10.1. The molecule has 0 heterocycles. The van der Waals surface area contributed by atoms with Crippen LogP contribution in [0, 0.1) is 0 Å². The number of amides is 1. The molecule has 2 aromatic carbocycles. The monoisotopic (exact) mass is 368 g/mol. The number of rotatable bonds is 5. The van der Waals surface area contributed by atoms with Crippen molar-refractivity contribution >= 4 is 27.5 Å². The lowest BCUT2D eigenvalue weighted by Crippen LogP contribution is -2.27. The van der Waals surface area contributed by atoms with Gasteiger partial charge >= 0.3 is 0 Å². The van der Waals surface area contributed by atoms with E-state index in [1.807, 2.05) is 0 Å². The third-order valence-electron chi connectivity index (χ3n) is 3.46. The number of carbonyl (C=O) groups excluding carboxylic acids is 1. The molecule has 2 aromatic rings. The summed E-state index contributed by atoms with van der Waals surface area (Å²) in [6.45, 7) is 1.78. The van der Waals surface area contributed by atoms with Crippen molar-refractivity contribution in [2.75, 3.05) is 7.11 Å². The summed E-state index contributed by atoms with van der Waals surface area (Å²) in [6.07, 6.45) is 0. The first-order valence-corrected chi connectivity index (χ1v) is 8.92. The summed E-state index contributed by atoms with van der Waals surface area (Å²) in [5.74, 6) is 0.0612. The third-order valence-corrected chi connectivity index (χ3v) is 4.63. The van der Waals surface area contributed by atoms with E-state index < -0.39 is 10.0 Å². The van der Waals surface area contributed by atoms with E-state index in [0.717, 1.165) is 5.56 Å². The van der Waals surface area contributed by atoms with Crippen LogP contribution in [0.5, 0.6) is 5.75 Å². The van der Waals surface area contributed by atoms with Crippen molar-refractivity contribution in [3.63, 3.8) is 0 Å². The fraction of sp³-hybridized carbons (Fsp3) is 0.188. The maximum absolute atomic E-state index is 12.4. The Hall–Kier alpha value is -2.09. The first-order chi connectivity index (χ1) is 11.2. The van der Waals surface area contributed by atoms with Crippen LogP contribution in [0.25, 0.3) is 0 Å². The van der Waals surface area contributed by atoms with Crippen molar-refractivity contribution in [1.82, 2.24) is 5.32 Å². The average Bonchev–Trinajstić information content (AvgIpc) is 2.54. The van der Waals surface area contributed by atoms with E-state index in [4.69, 9.17) is 21.5 Å². The van der Waals surface area contributed by atoms with Crippen molar-refractivity contribution in [2.24, 2.45) is 5.14 Å². The molecule has 0 bridgehead atoms. The Morgan fingerprint density at radius 2 is 1.83 bits per heavy atom. The molecule has 0 aromatic heterocycles. The van der Waals surface area contributed by atoms with Crippen molar-refractivity contribution in [1.29, 1.82) is 0 Å². The summed E-state index contributed by atoms with van der Waals surface area (Å²) in [4.78, 5) is 12.4. The molecule has 0 saturated carbocycles. The Bertz CT molecular complexity index is 851.